The van der Waals surface area contributed by atoms with Gasteiger partial charge in [-0.15, -0.1) is 0 Å². The summed E-state index contributed by atoms with van der Waals surface area (Å²) >= 11 is 3.10. The second-order valence-electron chi connectivity index (χ2n) is 3.00. The fraction of sp³-hybridized carbons (Fsp3) is 0.300. The van der Waals surface area contributed by atoms with Gasteiger partial charge in [0.05, 0.1) is 0 Å². The van der Waals surface area contributed by atoms with E-state index in [2.05, 4.69) is 15.9 Å². The van der Waals surface area contributed by atoms with Gasteiger partial charge in [0.25, 0.3) is 0 Å². The Bertz CT molecular complexity index is 292. The predicted octanol–water partition coefficient (Wildman–Crippen LogP) is 2.39. The number of benzene rings is 1. The molecule has 2 nitrogen and oxygen atoms in total. The Kier molecular flexibility index (Phi) is 3.48. The Morgan fingerprint density at radius 3 is 2.46 bits per heavy atom. The number of rotatable bonds is 3. The van der Waals surface area contributed by atoms with E-state index in [0.717, 1.165) is 5.56 Å². The summed E-state index contributed by atoms with van der Waals surface area (Å²) in [5.41, 5.74) is 2.22. The molecule has 1 aromatic rings. The van der Waals surface area contributed by atoms with E-state index < -0.39 is 10.8 Å². The Balaban J connectivity index is 2.64. The molecule has 13 heavy (non-hydrogen) atoms. The number of aryl methyl sites for hydroxylation is 1. The minimum absolute atomic E-state index is 0.491. The average molecular weight is 243 g/mol. The van der Waals surface area contributed by atoms with Gasteiger partial charge in [0.2, 0.25) is 0 Å². The highest BCUT2D eigenvalue weighted by Crippen LogP contribution is 2.11. The maximum absolute atomic E-state index is 10.5. The highest BCUT2D eigenvalue weighted by atomic mass is 79.9. The van der Waals surface area contributed by atoms with Gasteiger partial charge < -0.3 is 5.11 Å². The van der Waals surface area contributed by atoms with Crippen molar-refractivity contribution in [1.29, 1.82) is 0 Å². The van der Waals surface area contributed by atoms with Crippen molar-refractivity contribution in [3.05, 3.63) is 35.4 Å². The molecule has 0 radical (unpaired) electrons. The van der Waals surface area contributed by atoms with Crippen LogP contribution in [0.15, 0.2) is 24.3 Å². The van der Waals surface area contributed by atoms with Gasteiger partial charge in [-0.3, -0.25) is 4.79 Å². The first-order chi connectivity index (χ1) is 6.09. The first-order valence-corrected chi connectivity index (χ1v) is 4.93. The van der Waals surface area contributed by atoms with E-state index in [1.165, 1.54) is 5.56 Å². The molecular weight excluding hydrogens is 232 g/mol. The van der Waals surface area contributed by atoms with Crippen LogP contribution in [0, 0.1) is 6.92 Å². The van der Waals surface area contributed by atoms with Crippen molar-refractivity contribution in [3.63, 3.8) is 0 Å². The summed E-state index contributed by atoms with van der Waals surface area (Å²) in [5, 5.41) is 8.65. The van der Waals surface area contributed by atoms with Crippen molar-refractivity contribution in [1.82, 2.24) is 0 Å². The van der Waals surface area contributed by atoms with E-state index in [9.17, 15) is 4.79 Å². The lowest BCUT2D eigenvalue weighted by Crippen LogP contribution is -2.15. The van der Waals surface area contributed by atoms with Crippen LogP contribution >= 0.6 is 15.9 Å². The van der Waals surface area contributed by atoms with Gasteiger partial charge in [0.1, 0.15) is 4.83 Å². The maximum atomic E-state index is 10.5. The van der Waals surface area contributed by atoms with Crippen molar-refractivity contribution in [3.8, 4) is 0 Å². The molecule has 70 valence electrons. The second kappa shape index (κ2) is 4.42. The molecule has 0 heterocycles. The standard InChI is InChI=1S/C10H11BrO2/c1-7-2-4-8(5-3-7)6-9(11)10(12)13/h2-5,9H,6H2,1H3,(H,12,13)/t9-/m0/s1. The Morgan fingerprint density at radius 1 is 1.46 bits per heavy atom. The van der Waals surface area contributed by atoms with Crippen LogP contribution < -0.4 is 0 Å². The molecule has 1 rings (SSSR count). The zero-order valence-corrected chi connectivity index (χ0v) is 8.91. The predicted molar refractivity (Wildman–Crippen MR) is 55.2 cm³/mol. The molecule has 0 saturated carbocycles. The van der Waals surface area contributed by atoms with E-state index >= 15 is 0 Å². The number of alkyl halides is 1. The molecule has 3 heteroatoms. The quantitative estimate of drug-likeness (QED) is 0.827. The van der Waals surface area contributed by atoms with Crippen LogP contribution in [-0.4, -0.2) is 15.9 Å². The van der Waals surface area contributed by atoms with E-state index in [1.807, 2.05) is 31.2 Å². The van der Waals surface area contributed by atoms with E-state index in [-0.39, 0.29) is 0 Å². The molecule has 0 fully saturated rings. The minimum atomic E-state index is -0.819. The van der Waals surface area contributed by atoms with Gasteiger partial charge in [-0.05, 0) is 18.9 Å². The van der Waals surface area contributed by atoms with Crippen molar-refractivity contribution in [2.45, 2.75) is 18.2 Å². The van der Waals surface area contributed by atoms with Crippen LogP contribution in [0.5, 0.6) is 0 Å². The van der Waals surface area contributed by atoms with Gasteiger partial charge in [0, 0.05) is 0 Å². The maximum Gasteiger partial charge on any atom is 0.317 e. The lowest BCUT2D eigenvalue weighted by molar-refractivity contribution is -0.136. The van der Waals surface area contributed by atoms with Crippen LogP contribution in [0.3, 0.4) is 0 Å². The summed E-state index contributed by atoms with van der Waals surface area (Å²) in [6, 6.07) is 7.87. The average Bonchev–Trinajstić information content (AvgIpc) is 2.08. The summed E-state index contributed by atoms with van der Waals surface area (Å²) < 4.78 is 0. The summed E-state index contributed by atoms with van der Waals surface area (Å²) in [7, 11) is 0. The number of hydrogen-bond donors (Lipinski definition) is 1. The zero-order chi connectivity index (χ0) is 9.84. The molecule has 1 aromatic carbocycles. The third-order valence-electron chi connectivity index (χ3n) is 1.80. The van der Waals surface area contributed by atoms with E-state index in [1.54, 1.807) is 0 Å². The Hall–Kier alpha value is -0.830. The third-order valence-corrected chi connectivity index (χ3v) is 2.52. The number of carboxylic acids is 1. The molecule has 0 saturated heterocycles. The second-order valence-corrected chi connectivity index (χ2v) is 4.10. The SMILES string of the molecule is Cc1ccc(C[C@H](Br)C(=O)O)cc1. The topological polar surface area (TPSA) is 37.3 Å². The summed E-state index contributed by atoms with van der Waals surface area (Å²) in [4.78, 5) is 10.0. The Morgan fingerprint density at radius 2 is 2.00 bits per heavy atom. The van der Waals surface area contributed by atoms with E-state index in [0.29, 0.717) is 6.42 Å². The number of hydrogen-bond acceptors (Lipinski definition) is 1. The largest absolute Gasteiger partial charge is 0.480 e. The lowest BCUT2D eigenvalue weighted by Gasteiger charge is -2.04. The van der Waals surface area contributed by atoms with Crippen molar-refractivity contribution in [2.24, 2.45) is 0 Å². The molecule has 1 atom stereocenters. The monoisotopic (exact) mass is 242 g/mol. The van der Waals surface area contributed by atoms with Crippen molar-refractivity contribution in [2.75, 3.05) is 0 Å². The molecule has 0 aliphatic rings. The van der Waals surface area contributed by atoms with Crippen LogP contribution in [-0.2, 0) is 11.2 Å². The Labute approximate surface area is 85.7 Å². The van der Waals surface area contributed by atoms with E-state index in [4.69, 9.17) is 5.11 Å². The van der Waals surface area contributed by atoms with Gasteiger partial charge in [0.15, 0.2) is 0 Å². The lowest BCUT2D eigenvalue weighted by atomic mass is 10.1. The van der Waals surface area contributed by atoms with Crippen molar-refractivity contribution < 1.29 is 9.90 Å². The summed E-state index contributed by atoms with van der Waals surface area (Å²) in [5.74, 6) is -0.819. The van der Waals surface area contributed by atoms with Gasteiger partial charge >= 0.3 is 5.97 Å². The van der Waals surface area contributed by atoms with Crippen LogP contribution in [0.4, 0.5) is 0 Å². The molecule has 0 amide bonds. The summed E-state index contributed by atoms with van der Waals surface area (Å²) in [6.45, 7) is 2.01. The van der Waals surface area contributed by atoms with Crippen LogP contribution in [0.2, 0.25) is 0 Å². The minimum Gasteiger partial charge on any atom is -0.480 e. The first-order valence-electron chi connectivity index (χ1n) is 4.02. The normalized spacial score (nSPS) is 12.5. The molecule has 0 aromatic heterocycles. The highest BCUT2D eigenvalue weighted by molar-refractivity contribution is 9.10. The highest BCUT2D eigenvalue weighted by Gasteiger charge is 2.12. The van der Waals surface area contributed by atoms with Gasteiger partial charge in [-0.2, -0.15) is 0 Å². The molecule has 0 aliphatic carbocycles. The molecule has 0 aliphatic heterocycles. The molecule has 1 N–H and O–H groups in total. The van der Waals surface area contributed by atoms with Crippen LogP contribution in [0.25, 0.3) is 0 Å². The smallest absolute Gasteiger partial charge is 0.317 e. The number of halogens is 1. The first kappa shape index (κ1) is 10.3. The fourth-order valence-electron chi connectivity index (χ4n) is 1.02. The number of aliphatic carboxylic acids is 1. The third kappa shape index (κ3) is 3.19. The molecule has 0 unspecified atom stereocenters. The van der Waals surface area contributed by atoms with Crippen LogP contribution in [0.1, 0.15) is 11.1 Å². The van der Waals surface area contributed by atoms with Gasteiger partial charge in [-0.25, -0.2) is 0 Å². The zero-order valence-electron chi connectivity index (χ0n) is 7.33. The molecular formula is C10H11BrO2. The fourth-order valence-corrected chi connectivity index (χ4v) is 1.39. The number of carbonyl (C=O) groups is 1. The number of carboxylic acid groups (broad SMARTS) is 1. The molecule has 0 bridgehead atoms. The summed E-state index contributed by atoms with van der Waals surface area (Å²) in [6.07, 6.45) is 0.523. The van der Waals surface area contributed by atoms with Gasteiger partial charge in [-0.1, -0.05) is 45.8 Å². The molecule has 0 spiro atoms. The van der Waals surface area contributed by atoms with Crippen molar-refractivity contribution >= 4 is 21.9 Å².